The van der Waals surface area contributed by atoms with Gasteiger partial charge in [-0.2, -0.15) is 0 Å². The van der Waals surface area contributed by atoms with Crippen LogP contribution in [0.5, 0.6) is 0 Å². The topological polar surface area (TPSA) is 47.3 Å². The summed E-state index contributed by atoms with van der Waals surface area (Å²) in [4.78, 5) is 24.5. The third kappa shape index (κ3) is 1.50. The predicted octanol–water partition coefficient (Wildman–Crippen LogP) is 3.27. The van der Waals surface area contributed by atoms with E-state index in [1.54, 1.807) is 18.6 Å². The number of rotatable bonds is 1. The molecule has 0 radical (unpaired) electrons. The van der Waals surface area contributed by atoms with Crippen molar-refractivity contribution in [1.29, 1.82) is 0 Å². The summed E-state index contributed by atoms with van der Waals surface area (Å²) in [6.07, 6.45) is 6.23. The molecule has 3 rings (SSSR count). The molecule has 0 aliphatic heterocycles. The summed E-state index contributed by atoms with van der Waals surface area (Å²) in [7, 11) is 0. The summed E-state index contributed by atoms with van der Waals surface area (Å²) >= 11 is 0. The second-order valence-corrected chi connectivity index (χ2v) is 6.42. The van der Waals surface area contributed by atoms with Crippen molar-refractivity contribution in [3.05, 3.63) is 35.8 Å². The Bertz CT molecular complexity index is 577. The van der Waals surface area contributed by atoms with E-state index in [4.69, 9.17) is 4.42 Å². The standard InChI is InChI=1S/C16H18O3/c1-15(2)12-8-11(17)14(10-5-7-19-9-10)16(12,3)6-4-13(15)18/h5,7-9,14H,4,6H2,1-3H3/t14-,16+/m0/s1. The zero-order chi connectivity index (χ0) is 13.8. The van der Waals surface area contributed by atoms with Crippen LogP contribution in [0.25, 0.3) is 0 Å². The Morgan fingerprint density at radius 2 is 2.00 bits per heavy atom. The lowest BCUT2D eigenvalue weighted by atomic mass is 9.57. The Morgan fingerprint density at radius 3 is 2.63 bits per heavy atom. The number of carbonyl (C=O) groups is 2. The molecule has 0 amide bonds. The van der Waals surface area contributed by atoms with Gasteiger partial charge in [0, 0.05) is 22.8 Å². The minimum absolute atomic E-state index is 0.0988. The van der Waals surface area contributed by atoms with E-state index in [-0.39, 0.29) is 22.9 Å². The second kappa shape index (κ2) is 3.69. The van der Waals surface area contributed by atoms with Crippen LogP contribution < -0.4 is 0 Å². The highest BCUT2D eigenvalue weighted by Gasteiger charge is 2.56. The number of hydrogen-bond donors (Lipinski definition) is 0. The van der Waals surface area contributed by atoms with Gasteiger partial charge in [-0.1, -0.05) is 6.92 Å². The molecule has 0 N–H and O–H groups in total. The average molecular weight is 258 g/mol. The quantitative estimate of drug-likeness (QED) is 0.776. The summed E-state index contributed by atoms with van der Waals surface area (Å²) in [5.74, 6) is 0.132. The second-order valence-electron chi connectivity index (χ2n) is 6.42. The molecule has 3 heteroatoms. The minimum atomic E-state index is -0.527. The van der Waals surface area contributed by atoms with E-state index in [0.29, 0.717) is 6.42 Å². The van der Waals surface area contributed by atoms with E-state index in [0.717, 1.165) is 17.6 Å². The van der Waals surface area contributed by atoms with Crippen LogP contribution in [0.15, 0.2) is 34.7 Å². The van der Waals surface area contributed by atoms with Crippen molar-refractivity contribution < 1.29 is 14.0 Å². The molecule has 1 aromatic heterocycles. The third-order valence-electron chi connectivity index (χ3n) is 4.94. The molecule has 0 unspecified atom stereocenters. The van der Waals surface area contributed by atoms with Gasteiger partial charge in [-0.05, 0) is 38.0 Å². The fourth-order valence-electron chi connectivity index (χ4n) is 3.84. The van der Waals surface area contributed by atoms with Crippen molar-refractivity contribution in [3.63, 3.8) is 0 Å². The molecule has 1 aromatic rings. The highest BCUT2D eigenvalue weighted by atomic mass is 16.3. The summed E-state index contributed by atoms with van der Waals surface area (Å²) < 4.78 is 5.13. The Morgan fingerprint density at radius 1 is 1.26 bits per heavy atom. The van der Waals surface area contributed by atoms with E-state index in [9.17, 15) is 9.59 Å². The maximum absolute atomic E-state index is 12.4. The largest absolute Gasteiger partial charge is 0.472 e. The Hall–Kier alpha value is -1.64. The lowest BCUT2D eigenvalue weighted by Gasteiger charge is -2.44. The van der Waals surface area contributed by atoms with E-state index in [1.165, 1.54) is 0 Å². The number of hydrogen-bond acceptors (Lipinski definition) is 3. The molecule has 0 spiro atoms. The zero-order valence-electron chi connectivity index (χ0n) is 11.5. The van der Waals surface area contributed by atoms with Crippen molar-refractivity contribution in [2.24, 2.45) is 10.8 Å². The van der Waals surface area contributed by atoms with Crippen LogP contribution in [0.2, 0.25) is 0 Å². The highest BCUT2D eigenvalue weighted by molar-refractivity contribution is 6.03. The number of fused-ring (bicyclic) bond motifs is 1. The molecule has 0 aromatic carbocycles. The molecule has 0 saturated heterocycles. The highest BCUT2D eigenvalue weighted by Crippen LogP contribution is 2.59. The SMILES string of the molecule is CC1(C)C(=O)CC[C@]2(C)C1=CC(=O)[C@@H]2c1ccoc1. The number of furan rings is 1. The molecule has 1 fully saturated rings. The lowest BCUT2D eigenvalue weighted by Crippen LogP contribution is -2.41. The zero-order valence-corrected chi connectivity index (χ0v) is 11.5. The molecule has 1 saturated carbocycles. The Kier molecular flexibility index (Phi) is 2.40. The molecule has 2 aliphatic carbocycles. The van der Waals surface area contributed by atoms with Gasteiger partial charge in [0.15, 0.2) is 5.78 Å². The summed E-state index contributed by atoms with van der Waals surface area (Å²) in [6.45, 7) is 5.98. The van der Waals surface area contributed by atoms with Crippen LogP contribution in [0.4, 0.5) is 0 Å². The number of Topliss-reactive ketones (excluding diaryl/α,β-unsaturated/α-hetero) is 1. The predicted molar refractivity (Wildman–Crippen MR) is 70.7 cm³/mol. The monoisotopic (exact) mass is 258 g/mol. The van der Waals surface area contributed by atoms with E-state index >= 15 is 0 Å². The van der Waals surface area contributed by atoms with Gasteiger partial charge < -0.3 is 4.42 Å². The smallest absolute Gasteiger partial charge is 0.164 e. The van der Waals surface area contributed by atoms with Gasteiger partial charge in [0.1, 0.15) is 5.78 Å². The van der Waals surface area contributed by atoms with Crippen molar-refractivity contribution in [2.75, 3.05) is 0 Å². The van der Waals surface area contributed by atoms with Crippen molar-refractivity contribution >= 4 is 11.6 Å². The number of ketones is 2. The first kappa shape index (κ1) is 12.4. The molecule has 1 heterocycles. The molecule has 19 heavy (non-hydrogen) atoms. The van der Waals surface area contributed by atoms with Gasteiger partial charge in [0.05, 0.1) is 18.4 Å². The molecule has 2 aliphatic rings. The van der Waals surface area contributed by atoms with Gasteiger partial charge in [0.2, 0.25) is 0 Å². The van der Waals surface area contributed by atoms with Crippen molar-refractivity contribution in [2.45, 2.75) is 39.5 Å². The van der Waals surface area contributed by atoms with Crippen LogP contribution in [-0.2, 0) is 9.59 Å². The summed E-state index contributed by atoms with van der Waals surface area (Å²) in [6, 6.07) is 1.86. The van der Waals surface area contributed by atoms with E-state index < -0.39 is 5.41 Å². The van der Waals surface area contributed by atoms with Crippen molar-refractivity contribution in [1.82, 2.24) is 0 Å². The molecule has 2 atom stereocenters. The van der Waals surface area contributed by atoms with Gasteiger partial charge in [-0.15, -0.1) is 0 Å². The molecule has 3 nitrogen and oxygen atoms in total. The summed E-state index contributed by atoms with van der Waals surface area (Å²) in [5.41, 5.74) is 1.14. The number of allylic oxidation sites excluding steroid dienone is 2. The first-order valence-electron chi connectivity index (χ1n) is 6.69. The molecular formula is C16H18O3. The molecular weight excluding hydrogens is 240 g/mol. The molecule has 0 bridgehead atoms. The van der Waals surface area contributed by atoms with Gasteiger partial charge in [0.25, 0.3) is 0 Å². The average Bonchev–Trinajstić information content (AvgIpc) is 2.92. The minimum Gasteiger partial charge on any atom is -0.472 e. The van der Waals surface area contributed by atoms with Gasteiger partial charge in [-0.25, -0.2) is 0 Å². The van der Waals surface area contributed by atoms with Crippen LogP contribution in [0, 0.1) is 10.8 Å². The fourth-order valence-corrected chi connectivity index (χ4v) is 3.84. The third-order valence-corrected chi connectivity index (χ3v) is 4.94. The summed E-state index contributed by atoms with van der Waals surface area (Å²) in [5, 5.41) is 0. The number of carbonyl (C=O) groups excluding carboxylic acids is 2. The first-order valence-corrected chi connectivity index (χ1v) is 6.69. The van der Waals surface area contributed by atoms with Crippen LogP contribution in [0.1, 0.15) is 45.1 Å². The molecule has 100 valence electrons. The fraction of sp³-hybridized carbons (Fsp3) is 0.500. The maximum atomic E-state index is 12.4. The first-order chi connectivity index (χ1) is 8.87. The maximum Gasteiger partial charge on any atom is 0.164 e. The van der Waals surface area contributed by atoms with Crippen molar-refractivity contribution in [3.8, 4) is 0 Å². The van der Waals surface area contributed by atoms with E-state index in [2.05, 4.69) is 6.92 Å². The van der Waals surface area contributed by atoms with Crippen LogP contribution >= 0.6 is 0 Å². The van der Waals surface area contributed by atoms with Gasteiger partial charge in [-0.3, -0.25) is 9.59 Å². The Labute approximate surface area is 112 Å². The van der Waals surface area contributed by atoms with Crippen LogP contribution in [-0.4, -0.2) is 11.6 Å². The van der Waals surface area contributed by atoms with E-state index in [1.807, 2.05) is 19.9 Å². The normalized spacial score (nSPS) is 33.2. The van der Waals surface area contributed by atoms with Gasteiger partial charge >= 0.3 is 0 Å². The Balaban J connectivity index is 2.12. The van der Waals surface area contributed by atoms with Crippen LogP contribution in [0.3, 0.4) is 0 Å². The lowest BCUT2D eigenvalue weighted by molar-refractivity contribution is -0.129.